The molecular formula is C10H13BrFN. The fraction of sp³-hybridized carbons (Fsp3) is 0.400. The molecule has 0 saturated heterocycles. The molecular weight excluding hydrogens is 233 g/mol. The zero-order valence-corrected chi connectivity index (χ0v) is 9.44. The third-order valence-electron chi connectivity index (χ3n) is 1.91. The van der Waals surface area contributed by atoms with E-state index in [9.17, 15) is 4.39 Å². The molecule has 1 nitrogen and oxygen atoms in total. The average molecular weight is 246 g/mol. The largest absolute Gasteiger partial charge is 0.302 e. The Kier molecular flexibility index (Phi) is 3.88. The second-order valence-corrected chi connectivity index (χ2v) is 4.02. The van der Waals surface area contributed by atoms with E-state index in [1.54, 1.807) is 6.07 Å². The van der Waals surface area contributed by atoms with Gasteiger partial charge < -0.3 is 4.90 Å². The lowest BCUT2D eigenvalue weighted by Gasteiger charge is -2.13. The van der Waals surface area contributed by atoms with Gasteiger partial charge in [-0.1, -0.05) is 22.9 Å². The van der Waals surface area contributed by atoms with Crippen LogP contribution < -0.4 is 0 Å². The van der Waals surface area contributed by atoms with Gasteiger partial charge in [-0.15, -0.1) is 0 Å². The Hall–Kier alpha value is -0.410. The normalized spacial score (nSPS) is 10.8. The van der Waals surface area contributed by atoms with Crippen molar-refractivity contribution in [2.24, 2.45) is 0 Å². The molecule has 0 unspecified atom stereocenters. The quantitative estimate of drug-likeness (QED) is 0.792. The monoisotopic (exact) mass is 245 g/mol. The molecule has 0 atom stereocenters. The second-order valence-electron chi connectivity index (χ2n) is 3.11. The van der Waals surface area contributed by atoms with Gasteiger partial charge in [-0.05, 0) is 37.4 Å². The highest BCUT2D eigenvalue weighted by Crippen LogP contribution is 2.15. The Bertz CT molecular complexity index is 268. The highest BCUT2D eigenvalue weighted by Gasteiger charge is 2.01. The van der Waals surface area contributed by atoms with Gasteiger partial charge in [0.05, 0.1) is 0 Å². The standard InChI is InChI=1S/C10H13BrFN/c1-3-13(2)7-8-4-9(11)6-10(12)5-8/h4-6H,3,7H2,1-2H3. The van der Waals surface area contributed by atoms with E-state index in [-0.39, 0.29) is 5.82 Å². The maximum atomic E-state index is 12.9. The Morgan fingerprint density at radius 1 is 1.38 bits per heavy atom. The predicted octanol–water partition coefficient (Wildman–Crippen LogP) is 3.04. The van der Waals surface area contributed by atoms with Crippen molar-refractivity contribution in [1.82, 2.24) is 4.90 Å². The maximum Gasteiger partial charge on any atom is 0.124 e. The minimum Gasteiger partial charge on any atom is -0.302 e. The minimum absolute atomic E-state index is 0.186. The second kappa shape index (κ2) is 4.72. The van der Waals surface area contributed by atoms with Crippen LogP contribution in [-0.2, 0) is 6.54 Å². The molecule has 1 aromatic carbocycles. The maximum absolute atomic E-state index is 12.9. The first kappa shape index (κ1) is 10.7. The van der Waals surface area contributed by atoms with Crippen LogP contribution in [0, 0.1) is 5.82 Å². The van der Waals surface area contributed by atoms with E-state index in [0.29, 0.717) is 0 Å². The van der Waals surface area contributed by atoms with Crippen LogP contribution in [0.1, 0.15) is 12.5 Å². The first-order valence-electron chi connectivity index (χ1n) is 4.25. The number of hydrogen-bond acceptors (Lipinski definition) is 1. The Balaban J connectivity index is 2.77. The summed E-state index contributed by atoms with van der Waals surface area (Å²) in [5.74, 6) is -0.186. The lowest BCUT2D eigenvalue weighted by molar-refractivity contribution is 0.345. The van der Waals surface area contributed by atoms with Crippen molar-refractivity contribution >= 4 is 15.9 Å². The van der Waals surface area contributed by atoms with Crippen LogP contribution in [0.15, 0.2) is 22.7 Å². The molecule has 72 valence electrons. The molecule has 1 aromatic rings. The third kappa shape index (κ3) is 3.44. The Labute approximate surface area is 86.7 Å². The van der Waals surface area contributed by atoms with Crippen molar-refractivity contribution in [3.05, 3.63) is 34.1 Å². The van der Waals surface area contributed by atoms with Crippen LogP contribution in [0.25, 0.3) is 0 Å². The van der Waals surface area contributed by atoms with E-state index in [4.69, 9.17) is 0 Å². The molecule has 0 saturated carbocycles. The summed E-state index contributed by atoms with van der Waals surface area (Å²) in [6, 6.07) is 4.97. The summed E-state index contributed by atoms with van der Waals surface area (Å²) in [6.07, 6.45) is 0. The highest BCUT2D eigenvalue weighted by molar-refractivity contribution is 9.10. The van der Waals surface area contributed by atoms with Gasteiger partial charge in [-0.2, -0.15) is 0 Å². The Morgan fingerprint density at radius 2 is 2.08 bits per heavy atom. The minimum atomic E-state index is -0.186. The van der Waals surface area contributed by atoms with Crippen molar-refractivity contribution in [3.8, 4) is 0 Å². The zero-order valence-electron chi connectivity index (χ0n) is 7.85. The molecule has 0 fully saturated rings. The SMILES string of the molecule is CCN(C)Cc1cc(F)cc(Br)c1. The van der Waals surface area contributed by atoms with Crippen LogP contribution in [0.4, 0.5) is 4.39 Å². The number of rotatable bonds is 3. The molecule has 13 heavy (non-hydrogen) atoms. The van der Waals surface area contributed by atoms with Crippen molar-refractivity contribution in [1.29, 1.82) is 0 Å². The smallest absolute Gasteiger partial charge is 0.124 e. The van der Waals surface area contributed by atoms with Gasteiger partial charge in [0.25, 0.3) is 0 Å². The van der Waals surface area contributed by atoms with Gasteiger partial charge in [0, 0.05) is 11.0 Å². The summed E-state index contributed by atoms with van der Waals surface area (Å²) in [5, 5.41) is 0. The van der Waals surface area contributed by atoms with Gasteiger partial charge in [-0.3, -0.25) is 0 Å². The van der Waals surface area contributed by atoms with Gasteiger partial charge in [0.2, 0.25) is 0 Å². The van der Waals surface area contributed by atoms with Crippen LogP contribution in [0.3, 0.4) is 0 Å². The number of nitrogens with zero attached hydrogens (tertiary/aromatic N) is 1. The van der Waals surface area contributed by atoms with E-state index in [1.807, 2.05) is 13.1 Å². The molecule has 0 amide bonds. The predicted molar refractivity (Wildman–Crippen MR) is 56.1 cm³/mol. The first-order chi connectivity index (χ1) is 6.11. The fourth-order valence-corrected chi connectivity index (χ4v) is 1.64. The number of halogens is 2. The lowest BCUT2D eigenvalue weighted by Crippen LogP contribution is -2.16. The molecule has 0 aliphatic carbocycles. The average Bonchev–Trinajstić information content (AvgIpc) is 2.02. The molecule has 1 rings (SSSR count). The van der Waals surface area contributed by atoms with E-state index >= 15 is 0 Å². The highest BCUT2D eigenvalue weighted by atomic mass is 79.9. The van der Waals surface area contributed by atoms with Crippen molar-refractivity contribution in [3.63, 3.8) is 0 Å². The van der Waals surface area contributed by atoms with Gasteiger partial charge in [-0.25, -0.2) is 4.39 Å². The van der Waals surface area contributed by atoms with E-state index < -0.39 is 0 Å². The van der Waals surface area contributed by atoms with E-state index in [0.717, 1.165) is 23.1 Å². The molecule has 0 spiro atoms. The van der Waals surface area contributed by atoms with E-state index in [1.165, 1.54) is 6.07 Å². The lowest BCUT2D eigenvalue weighted by atomic mass is 10.2. The fourth-order valence-electron chi connectivity index (χ4n) is 1.13. The number of benzene rings is 1. The molecule has 0 bridgehead atoms. The van der Waals surface area contributed by atoms with Gasteiger partial charge in [0.15, 0.2) is 0 Å². The van der Waals surface area contributed by atoms with Crippen LogP contribution in [0.5, 0.6) is 0 Å². The molecule has 0 aromatic heterocycles. The van der Waals surface area contributed by atoms with Crippen molar-refractivity contribution in [2.45, 2.75) is 13.5 Å². The summed E-state index contributed by atoms with van der Waals surface area (Å²) >= 11 is 3.27. The summed E-state index contributed by atoms with van der Waals surface area (Å²) in [5.41, 5.74) is 0.997. The Morgan fingerprint density at radius 3 is 2.62 bits per heavy atom. The third-order valence-corrected chi connectivity index (χ3v) is 2.37. The summed E-state index contributed by atoms with van der Waals surface area (Å²) in [6.45, 7) is 3.83. The summed E-state index contributed by atoms with van der Waals surface area (Å²) in [4.78, 5) is 2.13. The zero-order chi connectivity index (χ0) is 9.84. The van der Waals surface area contributed by atoms with Crippen molar-refractivity contribution < 1.29 is 4.39 Å². The molecule has 0 radical (unpaired) electrons. The summed E-state index contributed by atoms with van der Waals surface area (Å²) in [7, 11) is 2.01. The van der Waals surface area contributed by atoms with Crippen molar-refractivity contribution in [2.75, 3.05) is 13.6 Å². The summed E-state index contributed by atoms with van der Waals surface area (Å²) < 4.78 is 13.7. The van der Waals surface area contributed by atoms with Gasteiger partial charge >= 0.3 is 0 Å². The van der Waals surface area contributed by atoms with E-state index in [2.05, 4.69) is 27.8 Å². The topological polar surface area (TPSA) is 3.24 Å². The molecule has 3 heteroatoms. The van der Waals surface area contributed by atoms with Crippen LogP contribution in [-0.4, -0.2) is 18.5 Å². The number of hydrogen-bond donors (Lipinski definition) is 0. The van der Waals surface area contributed by atoms with Crippen LogP contribution in [0.2, 0.25) is 0 Å². The molecule has 0 aliphatic heterocycles. The van der Waals surface area contributed by atoms with Crippen LogP contribution >= 0.6 is 15.9 Å². The molecule has 0 N–H and O–H groups in total. The van der Waals surface area contributed by atoms with Gasteiger partial charge in [0.1, 0.15) is 5.82 Å². The molecule has 0 aliphatic rings. The molecule has 0 heterocycles. The first-order valence-corrected chi connectivity index (χ1v) is 5.04.